The van der Waals surface area contributed by atoms with Crippen LogP contribution in [0.3, 0.4) is 0 Å². The molecule has 1 aromatic carbocycles. The van der Waals surface area contributed by atoms with E-state index in [9.17, 15) is 0 Å². The molecule has 0 unspecified atom stereocenters. The van der Waals surface area contributed by atoms with Crippen LogP contribution in [0.15, 0.2) is 18.2 Å². The van der Waals surface area contributed by atoms with E-state index in [0.717, 1.165) is 11.4 Å². The minimum Gasteiger partial charge on any atom is -0.430 e. The van der Waals surface area contributed by atoms with Crippen molar-refractivity contribution in [1.82, 2.24) is 9.36 Å². The third kappa shape index (κ3) is 3.43. The van der Waals surface area contributed by atoms with Gasteiger partial charge in [-0.2, -0.15) is 9.36 Å². The molecule has 2 aromatic rings. The van der Waals surface area contributed by atoms with Crippen molar-refractivity contribution in [1.29, 1.82) is 0 Å². The number of benzene rings is 1. The first kappa shape index (κ1) is 14.2. The van der Waals surface area contributed by atoms with Crippen molar-refractivity contribution in [2.75, 3.05) is 0 Å². The van der Waals surface area contributed by atoms with Gasteiger partial charge in [0.25, 0.3) is 5.19 Å². The number of rotatable bonds is 3. The molecule has 19 heavy (non-hydrogen) atoms. The van der Waals surface area contributed by atoms with Gasteiger partial charge in [-0.05, 0) is 17.7 Å². The maximum absolute atomic E-state index is 6.08. The Balaban J connectivity index is 2.17. The van der Waals surface area contributed by atoms with Gasteiger partial charge in [0.2, 0.25) is 0 Å². The topological polar surface area (TPSA) is 61.0 Å². The Kier molecular flexibility index (Phi) is 4.08. The first-order chi connectivity index (χ1) is 8.90. The fraction of sp³-hybridized carbons (Fsp3) is 0.385. The molecular weight excluding hydrogens is 282 g/mol. The van der Waals surface area contributed by atoms with Crippen LogP contribution in [0.25, 0.3) is 0 Å². The number of halogens is 1. The predicted octanol–water partition coefficient (Wildman–Crippen LogP) is 3.74. The lowest BCUT2D eigenvalue weighted by atomic mass is 9.96. The highest BCUT2D eigenvalue weighted by molar-refractivity contribution is 7.07. The summed E-state index contributed by atoms with van der Waals surface area (Å²) in [4.78, 5) is 4.37. The Bertz CT molecular complexity index is 578. The third-order valence-corrected chi connectivity index (χ3v) is 3.47. The minimum absolute atomic E-state index is 0.0842. The lowest BCUT2D eigenvalue weighted by Crippen LogP contribution is -2.12. The molecule has 0 aliphatic carbocycles. The lowest BCUT2D eigenvalue weighted by molar-refractivity contribution is 0.468. The fourth-order valence-electron chi connectivity index (χ4n) is 1.41. The number of aromatic nitrogens is 2. The minimum atomic E-state index is -0.0842. The molecule has 1 aromatic heterocycles. The zero-order valence-corrected chi connectivity index (χ0v) is 12.7. The van der Waals surface area contributed by atoms with E-state index in [0.29, 0.717) is 22.5 Å². The van der Waals surface area contributed by atoms with Crippen molar-refractivity contribution in [3.63, 3.8) is 0 Å². The Hall–Kier alpha value is -1.17. The number of nitrogens with two attached hydrogens (primary N) is 1. The summed E-state index contributed by atoms with van der Waals surface area (Å²) in [5, 5.41) is 1.11. The average molecular weight is 298 g/mol. The molecule has 0 saturated carbocycles. The Morgan fingerprint density at radius 1 is 1.37 bits per heavy atom. The summed E-state index contributed by atoms with van der Waals surface area (Å²) >= 11 is 7.32. The quantitative estimate of drug-likeness (QED) is 0.937. The smallest absolute Gasteiger partial charge is 0.298 e. The van der Waals surface area contributed by atoms with Gasteiger partial charge in [-0.3, -0.25) is 0 Å². The maximum atomic E-state index is 6.08. The summed E-state index contributed by atoms with van der Waals surface area (Å²) in [6, 6.07) is 5.41. The third-order valence-electron chi connectivity index (χ3n) is 2.53. The van der Waals surface area contributed by atoms with Crippen LogP contribution in [-0.4, -0.2) is 9.36 Å². The van der Waals surface area contributed by atoms with Crippen molar-refractivity contribution in [2.45, 2.75) is 32.7 Å². The monoisotopic (exact) mass is 297 g/mol. The molecular formula is C13H16ClN3OS. The second-order valence-electron chi connectivity index (χ2n) is 5.19. The van der Waals surface area contributed by atoms with Crippen LogP contribution in [0.2, 0.25) is 5.02 Å². The molecule has 1 heterocycles. The molecule has 4 nitrogen and oxygen atoms in total. The lowest BCUT2D eigenvalue weighted by Gasteiger charge is -2.12. The summed E-state index contributed by atoms with van der Waals surface area (Å²) in [5.74, 6) is 1.41. The van der Waals surface area contributed by atoms with E-state index in [1.54, 1.807) is 6.07 Å². The summed E-state index contributed by atoms with van der Waals surface area (Å²) in [6.07, 6.45) is 0. The van der Waals surface area contributed by atoms with E-state index in [-0.39, 0.29) is 5.41 Å². The van der Waals surface area contributed by atoms with Gasteiger partial charge < -0.3 is 10.5 Å². The van der Waals surface area contributed by atoms with Crippen LogP contribution in [-0.2, 0) is 12.0 Å². The van der Waals surface area contributed by atoms with Crippen LogP contribution in [0.4, 0.5) is 0 Å². The average Bonchev–Trinajstić information content (AvgIpc) is 2.77. The SMILES string of the molecule is CC(C)(C)c1nsc(Oc2ccc(CN)c(Cl)c2)n1. The molecule has 0 spiro atoms. The molecule has 0 fully saturated rings. The number of hydrogen-bond donors (Lipinski definition) is 1. The molecule has 0 aliphatic heterocycles. The van der Waals surface area contributed by atoms with Gasteiger partial charge in [0, 0.05) is 28.5 Å². The van der Waals surface area contributed by atoms with E-state index >= 15 is 0 Å². The molecule has 0 saturated heterocycles. The van der Waals surface area contributed by atoms with E-state index in [1.807, 2.05) is 12.1 Å². The van der Waals surface area contributed by atoms with Crippen LogP contribution >= 0.6 is 23.1 Å². The van der Waals surface area contributed by atoms with Gasteiger partial charge in [-0.25, -0.2) is 0 Å². The highest BCUT2D eigenvalue weighted by Crippen LogP contribution is 2.30. The standard InChI is InChI=1S/C13H16ClN3OS/c1-13(2,3)11-16-12(19-17-11)18-9-5-4-8(7-15)10(14)6-9/h4-6H,7,15H2,1-3H3. The summed E-state index contributed by atoms with van der Waals surface area (Å²) in [5.41, 5.74) is 6.37. The zero-order valence-electron chi connectivity index (χ0n) is 11.1. The molecule has 2 rings (SSSR count). The second kappa shape index (κ2) is 5.45. The normalized spacial score (nSPS) is 11.6. The van der Waals surface area contributed by atoms with Gasteiger partial charge in [0.15, 0.2) is 5.82 Å². The molecule has 2 N–H and O–H groups in total. The van der Waals surface area contributed by atoms with Crippen LogP contribution in [0.1, 0.15) is 32.2 Å². The fourth-order valence-corrected chi connectivity index (χ4v) is 2.40. The summed E-state index contributed by atoms with van der Waals surface area (Å²) in [7, 11) is 0. The molecule has 0 atom stereocenters. The van der Waals surface area contributed by atoms with Crippen molar-refractivity contribution in [3.8, 4) is 10.9 Å². The van der Waals surface area contributed by atoms with E-state index in [1.165, 1.54) is 11.5 Å². The van der Waals surface area contributed by atoms with E-state index < -0.39 is 0 Å². The van der Waals surface area contributed by atoms with Crippen molar-refractivity contribution in [2.24, 2.45) is 5.73 Å². The van der Waals surface area contributed by atoms with Crippen LogP contribution in [0, 0.1) is 0 Å². The molecule has 0 bridgehead atoms. The van der Waals surface area contributed by atoms with Gasteiger partial charge in [-0.15, -0.1) is 0 Å². The molecule has 102 valence electrons. The molecule has 0 aliphatic rings. The highest BCUT2D eigenvalue weighted by atomic mass is 35.5. The second-order valence-corrected chi connectivity index (χ2v) is 6.31. The van der Waals surface area contributed by atoms with Gasteiger partial charge >= 0.3 is 0 Å². The largest absolute Gasteiger partial charge is 0.430 e. The Morgan fingerprint density at radius 3 is 2.63 bits per heavy atom. The molecule has 0 radical (unpaired) electrons. The Morgan fingerprint density at radius 2 is 2.11 bits per heavy atom. The first-order valence-electron chi connectivity index (χ1n) is 5.90. The number of ether oxygens (including phenoxy) is 1. The van der Waals surface area contributed by atoms with Crippen molar-refractivity contribution >= 4 is 23.1 Å². The first-order valence-corrected chi connectivity index (χ1v) is 7.06. The summed E-state index contributed by atoms with van der Waals surface area (Å²) < 4.78 is 9.95. The molecule has 0 amide bonds. The Labute approximate surface area is 121 Å². The molecule has 6 heteroatoms. The van der Waals surface area contributed by atoms with Gasteiger partial charge in [0.1, 0.15) is 5.75 Å². The van der Waals surface area contributed by atoms with E-state index in [4.69, 9.17) is 22.1 Å². The highest BCUT2D eigenvalue weighted by Gasteiger charge is 2.20. The van der Waals surface area contributed by atoms with E-state index in [2.05, 4.69) is 30.1 Å². The van der Waals surface area contributed by atoms with Crippen LogP contribution in [0.5, 0.6) is 10.9 Å². The predicted molar refractivity (Wildman–Crippen MR) is 78.0 cm³/mol. The van der Waals surface area contributed by atoms with Crippen molar-refractivity contribution in [3.05, 3.63) is 34.6 Å². The van der Waals surface area contributed by atoms with Gasteiger partial charge in [-0.1, -0.05) is 38.4 Å². The zero-order chi connectivity index (χ0) is 14.0. The number of hydrogen-bond acceptors (Lipinski definition) is 5. The van der Waals surface area contributed by atoms with Gasteiger partial charge in [0.05, 0.1) is 0 Å². The maximum Gasteiger partial charge on any atom is 0.298 e. The number of nitrogens with zero attached hydrogens (tertiary/aromatic N) is 2. The summed E-state index contributed by atoms with van der Waals surface area (Å²) in [6.45, 7) is 6.59. The van der Waals surface area contributed by atoms with Crippen molar-refractivity contribution < 1.29 is 4.74 Å². The van der Waals surface area contributed by atoms with Crippen LogP contribution < -0.4 is 10.5 Å².